The zero-order valence-electron chi connectivity index (χ0n) is 24.5. The average molecular weight is 641 g/mol. The van der Waals surface area contributed by atoms with Gasteiger partial charge in [0.1, 0.15) is 11.4 Å². The molecule has 1 amide bonds. The second kappa shape index (κ2) is 13.4. The Bertz CT molecular complexity index is 1780. The first-order valence-electron chi connectivity index (χ1n) is 14.2. The Morgan fingerprint density at radius 3 is 2.59 bits per heavy atom. The summed E-state index contributed by atoms with van der Waals surface area (Å²) in [4.78, 5) is 30.2. The summed E-state index contributed by atoms with van der Waals surface area (Å²) in [6.45, 7) is 2.13. The van der Waals surface area contributed by atoms with Crippen LogP contribution in [0.15, 0.2) is 53.3 Å². The molecule has 1 aliphatic rings. The molecule has 0 unspecified atom stereocenters. The zero-order chi connectivity index (χ0) is 31.5. The summed E-state index contributed by atoms with van der Waals surface area (Å²) in [5.74, 6) is -1.01. The number of hydrogen-bond donors (Lipinski definition) is 3. The summed E-state index contributed by atoms with van der Waals surface area (Å²) in [5.41, 5.74) is 2.25. The monoisotopic (exact) mass is 639 g/mol. The number of amides is 1. The van der Waals surface area contributed by atoms with Gasteiger partial charge in [0, 0.05) is 41.9 Å². The van der Waals surface area contributed by atoms with Gasteiger partial charge in [-0.3, -0.25) is 9.59 Å². The van der Waals surface area contributed by atoms with E-state index in [1.165, 1.54) is 26.3 Å². The van der Waals surface area contributed by atoms with E-state index in [0.717, 1.165) is 42.0 Å². The van der Waals surface area contributed by atoms with E-state index in [1.54, 1.807) is 25.1 Å². The summed E-state index contributed by atoms with van der Waals surface area (Å²) < 4.78 is 21.5. The zero-order valence-corrected chi connectivity index (χ0v) is 26.0. The molecule has 9 nitrogen and oxygen atoms in total. The minimum Gasteiger partial charge on any atom is -0.481 e. The van der Waals surface area contributed by atoms with Crippen molar-refractivity contribution >= 4 is 34.8 Å². The van der Waals surface area contributed by atoms with E-state index in [9.17, 15) is 19.1 Å². The maximum atomic E-state index is 14.9. The van der Waals surface area contributed by atoms with Gasteiger partial charge in [0.05, 0.1) is 40.3 Å². The molecule has 2 atom stereocenters. The molecule has 5 rings (SSSR count). The fraction of sp³-hybridized carbons (Fsp3) is 0.312. The van der Waals surface area contributed by atoms with Crippen molar-refractivity contribution in [1.29, 1.82) is 0 Å². The standard InChI is InChI=1S/C32H32Cl2FN5O4/c1-17-13-23(32(43)40(2)39-17)30(42)37-26-15-19(35)14-22(29(26)34)20-7-6-8-21(28(20)33)24-12-11-18(31(38-24)44-3)16-36-25-9-4-5-10-27(25)41/h6-8,11-15,25,27,36,41H,4-5,9-10,16H2,1-3H3,(H,37,42)/t25-,27+/m1/s1. The lowest BCUT2D eigenvalue weighted by molar-refractivity contribution is 0.0901. The fourth-order valence-electron chi connectivity index (χ4n) is 5.44. The molecule has 12 heteroatoms. The third-order valence-electron chi connectivity index (χ3n) is 7.70. The van der Waals surface area contributed by atoms with Gasteiger partial charge in [0.2, 0.25) is 5.88 Å². The number of nitrogens with zero attached hydrogens (tertiary/aromatic N) is 3. The molecule has 0 aliphatic heterocycles. The number of anilines is 1. The highest BCUT2D eigenvalue weighted by Gasteiger charge is 2.24. The number of carbonyl (C=O) groups excluding carboxylic acids is 1. The highest BCUT2D eigenvalue weighted by Crippen LogP contribution is 2.42. The lowest BCUT2D eigenvalue weighted by atomic mass is 9.92. The van der Waals surface area contributed by atoms with Crippen LogP contribution in [0.3, 0.4) is 0 Å². The van der Waals surface area contributed by atoms with E-state index in [0.29, 0.717) is 34.9 Å². The number of aliphatic hydroxyl groups is 1. The first kappa shape index (κ1) is 31.6. The van der Waals surface area contributed by atoms with Crippen molar-refractivity contribution in [2.24, 2.45) is 7.05 Å². The minimum absolute atomic E-state index is 0.0177. The number of aromatic nitrogens is 3. The predicted molar refractivity (Wildman–Crippen MR) is 169 cm³/mol. The smallest absolute Gasteiger partial charge is 0.279 e. The number of methoxy groups -OCH3 is 1. The number of nitrogens with one attached hydrogen (secondary N) is 2. The maximum Gasteiger partial charge on any atom is 0.279 e. The Morgan fingerprint density at radius 1 is 1.09 bits per heavy atom. The highest BCUT2D eigenvalue weighted by molar-refractivity contribution is 6.39. The van der Waals surface area contributed by atoms with Crippen LogP contribution < -0.4 is 20.9 Å². The van der Waals surface area contributed by atoms with Crippen molar-refractivity contribution in [3.8, 4) is 28.3 Å². The van der Waals surface area contributed by atoms with Crippen molar-refractivity contribution in [2.45, 2.75) is 51.3 Å². The number of benzene rings is 2. The quantitative estimate of drug-likeness (QED) is 0.219. The Kier molecular flexibility index (Phi) is 9.65. The van der Waals surface area contributed by atoms with Gasteiger partial charge in [-0.25, -0.2) is 14.1 Å². The van der Waals surface area contributed by atoms with Gasteiger partial charge >= 0.3 is 0 Å². The second-order valence-corrected chi connectivity index (χ2v) is 11.5. The van der Waals surface area contributed by atoms with Gasteiger partial charge in [-0.2, -0.15) is 5.10 Å². The summed E-state index contributed by atoms with van der Waals surface area (Å²) in [6.07, 6.45) is 3.43. The Balaban J connectivity index is 1.45. The average Bonchev–Trinajstić information content (AvgIpc) is 3.00. The molecule has 2 aromatic heterocycles. The van der Waals surface area contributed by atoms with Crippen LogP contribution in [0, 0.1) is 12.7 Å². The molecule has 230 valence electrons. The van der Waals surface area contributed by atoms with Crippen LogP contribution in [0.1, 0.15) is 47.3 Å². The largest absolute Gasteiger partial charge is 0.481 e. The number of aliphatic hydroxyl groups excluding tert-OH is 1. The van der Waals surface area contributed by atoms with Crippen LogP contribution in [0.4, 0.5) is 10.1 Å². The second-order valence-electron chi connectivity index (χ2n) is 10.8. The molecule has 1 aliphatic carbocycles. The Hall–Kier alpha value is -3.83. The van der Waals surface area contributed by atoms with Crippen LogP contribution in [0.2, 0.25) is 10.0 Å². The molecule has 0 spiro atoms. The van der Waals surface area contributed by atoms with Crippen molar-refractivity contribution in [1.82, 2.24) is 20.1 Å². The molecule has 1 fully saturated rings. The van der Waals surface area contributed by atoms with E-state index < -0.39 is 17.3 Å². The third kappa shape index (κ3) is 6.63. The van der Waals surface area contributed by atoms with Crippen LogP contribution in [0.5, 0.6) is 5.88 Å². The Labute approximate surface area is 264 Å². The molecule has 2 heterocycles. The molecule has 0 saturated heterocycles. The van der Waals surface area contributed by atoms with Crippen LogP contribution in [-0.4, -0.2) is 45.0 Å². The molecule has 1 saturated carbocycles. The molecule has 3 N–H and O–H groups in total. The number of aryl methyl sites for hydroxylation is 2. The van der Waals surface area contributed by atoms with Crippen molar-refractivity contribution in [3.63, 3.8) is 0 Å². The van der Waals surface area contributed by atoms with E-state index in [-0.39, 0.29) is 39.0 Å². The highest BCUT2D eigenvalue weighted by atomic mass is 35.5. The van der Waals surface area contributed by atoms with Gasteiger partial charge in [0.25, 0.3) is 11.5 Å². The van der Waals surface area contributed by atoms with E-state index in [2.05, 4.69) is 20.7 Å². The number of hydrogen-bond acceptors (Lipinski definition) is 7. The number of rotatable bonds is 8. The van der Waals surface area contributed by atoms with Crippen molar-refractivity contribution in [2.75, 3.05) is 12.4 Å². The van der Waals surface area contributed by atoms with Crippen LogP contribution in [0.25, 0.3) is 22.4 Å². The lowest BCUT2D eigenvalue weighted by Gasteiger charge is -2.28. The SMILES string of the molecule is COc1nc(-c2cccc(-c3cc(F)cc(NC(=O)c4cc(C)nn(C)c4=O)c3Cl)c2Cl)ccc1CN[C@@H]1CCCC[C@@H]1O. The van der Waals surface area contributed by atoms with Gasteiger partial charge < -0.3 is 20.5 Å². The maximum absolute atomic E-state index is 14.9. The summed E-state index contributed by atoms with van der Waals surface area (Å²) in [6, 6.07) is 12.6. The van der Waals surface area contributed by atoms with Gasteiger partial charge in [-0.05, 0) is 44.0 Å². The third-order valence-corrected chi connectivity index (χ3v) is 8.51. The van der Waals surface area contributed by atoms with Crippen molar-refractivity contribution < 1.29 is 19.0 Å². The first-order valence-corrected chi connectivity index (χ1v) is 14.9. The van der Waals surface area contributed by atoms with Gasteiger partial charge in [0.15, 0.2) is 0 Å². The summed E-state index contributed by atoms with van der Waals surface area (Å²) >= 11 is 13.6. The lowest BCUT2D eigenvalue weighted by Crippen LogP contribution is -2.41. The number of halogens is 3. The fourth-order valence-corrected chi connectivity index (χ4v) is 6.03. The van der Waals surface area contributed by atoms with Gasteiger partial charge in [-0.1, -0.05) is 60.3 Å². The number of pyridine rings is 1. The molecule has 44 heavy (non-hydrogen) atoms. The predicted octanol–water partition coefficient (Wildman–Crippen LogP) is 5.92. The normalized spacial score (nSPS) is 16.5. The molecule has 0 radical (unpaired) electrons. The minimum atomic E-state index is -0.752. The number of ether oxygens (including phenoxy) is 1. The molecule has 4 aromatic rings. The van der Waals surface area contributed by atoms with Crippen molar-refractivity contribution in [3.05, 3.63) is 91.6 Å². The van der Waals surface area contributed by atoms with Gasteiger partial charge in [-0.15, -0.1) is 0 Å². The van der Waals surface area contributed by atoms with Crippen LogP contribution in [-0.2, 0) is 13.6 Å². The summed E-state index contributed by atoms with van der Waals surface area (Å²) in [7, 11) is 2.97. The first-order chi connectivity index (χ1) is 21.1. The van der Waals surface area contributed by atoms with Crippen LogP contribution >= 0.6 is 23.2 Å². The Morgan fingerprint density at radius 2 is 1.84 bits per heavy atom. The molecular weight excluding hydrogens is 608 g/mol. The molecule has 2 aromatic carbocycles. The van der Waals surface area contributed by atoms with E-state index in [4.69, 9.17) is 27.9 Å². The topological polar surface area (TPSA) is 118 Å². The number of carbonyl (C=O) groups is 1. The van der Waals surface area contributed by atoms with E-state index >= 15 is 0 Å². The molecule has 0 bridgehead atoms. The summed E-state index contributed by atoms with van der Waals surface area (Å²) in [5, 5.41) is 20.6. The molecular formula is C32H32Cl2FN5O4. The van der Waals surface area contributed by atoms with E-state index in [1.807, 2.05) is 12.1 Å².